The standard InChI is InChI=1S/C31H37NO6/c1-7-37-25-11-9-8-10-22(25)29-28(31(34)38-17-18(2)3)19(4)32-23-14-21(15-24(33)30(23)29)20-12-13-26(35-5)27(16-20)36-6/h8-13,16,18,21,29,32H,7,14-15,17H2,1-6H3/t21-,29+/m1/s1. The monoisotopic (exact) mass is 519 g/mol. The first kappa shape index (κ1) is 27.3. The Balaban J connectivity index is 1.79. The van der Waals surface area contributed by atoms with E-state index in [1.165, 1.54) is 0 Å². The highest BCUT2D eigenvalue weighted by Crippen LogP contribution is 2.48. The molecule has 2 aromatic carbocycles. The third-order valence-electron chi connectivity index (χ3n) is 7.00. The molecule has 4 rings (SSSR count). The van der Waals surface area contributed by atoms with Crippen molar-refractivity contribution in [3.63, 3.8) is 0 Å². The highest BCUT2D eigenvalue weighted by molar-refractivity contribution is 6.04. The maximum Gasteiger partial charge on any atom is 0.336 e. The minimum Gasteiger partial charge on any atom is -0.494 e. The van der Waals surface area contributed by atoms with Crippen LogP contribution in [0.15, 0.2) is 65.0 Å². The van der Waals surface area contributed by atoms with Crippen molar-refractivity contribution in [1.29, 1.82) is 0 Å². The molecule has 2 atom stereocenters. The summed E-state index contributed by atoms with van der Waals surface area (Å²) < 4.78 is 22.5. The van der Waals surface area contributed by atoms with E-state index in [9.17, 15) is 9.59 Å². The molecule has 0 saturated heterocycles. The van der Waals surface area contributed by atoms with Crippen molar-refractivity contribution in [3.05, 3.63) is 76.1 Å². The summed E-state index contributed by atoms with van der Waals surface area (Å²) in [5.74, 6) is 1.09. The Hall–Kier alpha value is -3.74. The number of para-hydroxylation sites is 1. The van der Waals surface area contributed by atoms with Crippen LogP contribution < -0.4 is 19.5 Å². The van der Waals surface area contributed by atoms with Gasteiger partial charge < -0.3 is 24.3 Å². The van der Waals surface area contributed by atoms with Crippen LogP contribution in [0.3, 0.4) is 0 Å². The number of hydrogen-bond acceptors (Lipinski definition) is 7. The van der Waals surface area contributed by atoms with E-state index in [1.807, 2.05) is 70.2 Å². The minimum atomic E-state index is -0.576. The van der Waals surface area contributed by atoms with Crippen molar-refractivity contribution in [2.45, 2.75) is 52.4 Å². The number of dihydropyridines is 1. The van der Waals surface area contributed by atoms with Crippen LogP contribution in [0.1, 0.15) is 63.5 Å². The van der Waals surface area contributed by atoms with E-state index in [0.29, 0.717) is 60.1 Å². The van der Waals surface area contributed by atoms with E-state index < -0.39 is 11.9 Å². The number of benzene rings is 2. The third kappa shape index (κ3) is 5.42. The molecule has 0 unspecified atom stereocenters. The predicted octanol–water partition coefficient (Wildman–Crippen LogP) is 5.66. The molecule has 1 N–H and O–H groups in total. The average Bonchev–Trinajstić information content (AvgIpc) is 2.91. The highest BCUT2D eigenvalue weighted by atomic mass is 16.5. The van der Waals surface area contributed by atoms with Gasteiger partial charge in [0.15, 0.2) is 17.3 Å². The fraction of sp³-hybridized carbons (Fsp3) is 0.419. The lowest BCUT2D eigenvalue weighted by molar-refractivity contribution is -0.140. The van der Waals surface area contributed by atoms with Crippen LogP contribution >= 0.6 is 0 Å². The van der Waals surface area contributed by atoms with Crippen molar-refractivity contribution >= 4 is 11.8 Å². The normalized spacial score (nSPS) is 19.2. The summed E-state index contributed by atoms with van der Waals surface area (Å²) in [6.45, 7) is 8.55. The van der Waals surface area contributed by atoms with E-state index in [1.54, 1.807) is 14.2 Å². The topological polar surface area (TPSA) is 83.1 Å². The lowest BCUT2D eigenvalue weighted by Crippen LogP contribution is -2.36. The molecule has 0 bridgehead atoms. The molecule has 1 aliphatic heterocycles. The fourth-order valence-corrected chi connectivity index (χ4v) is 5.29. The van der Waals surface area contributed by atoms with Gasteiger partial charge >= 0.3 is 5.97 Å². The van der Waals surface area contributed by atoms with Crippen LogP contribution in [-0.4, -0.2) is 39.2 Å². The summed E-state index contributed by atoms with van der Waals surface area (Å²) in [5.41, 5.74) is 4.37. The number of methoxy groups -OCH3 is 2. The smallest absolute Gasteiger partial charge is 0.336 e. The quantitative estimate of drug-likeness (QED) is 0.428. The van der Waals surface area contributed by atoms with Gasteiger partial charge in [0, 0.05) is 29.0 Å². The molecule has 1 heterocycles. The largest absolute Gasteiger partial charge is 0.494 e. The first-order valence-electron chi connectivity index (χ1n) is 13.1. The van der Waals surface area contributed by atoms with Crippen molar-refractivity contribution < 1.29 is 28.5 Å². The number of nitrogens with one attached hydrogen (secondary N) is 1. The molecule has 1 aliphatic carbocycles. The number of ether oxygens (including phenoxy) is 4. The van der Waals surface area contributed by atoms with Gasteiger partial charge in [0.25, 0.3) is 0 Å². The van der Waals surface area contributed by atoms with Crippen LogP contribution in [-0.2, 0) is 14.3 Å². The second kappa shape index (κ2) is 11.8. The molecule has 0 saturated carbocycles. The second-order valence-electron chi connectivity index (χ2n) is 10.1. The molecular weight excluding hydrogens is 482 g/mol. The maximum absolute atomic E-state index is 13.9. The zero-order valence-electron chi connectivity index (χ0n) is 23.1. The zero-order chi connectivity index (χ0) is 27.4. The molecule has 0 radical (unpaired) electrons. The predicted molar refractivity (Wildman–Crippen MR) is 146 cm³/mol. The van der Waals surface area contributed by atoms with Gasteiger partial charge in [0.2, 0.25) is 0 Å². The SMILES string of the molecule is CCOc1ccccc1[C@H]1C(C(=O)OCC(C)C)=C(C)NC2=C1C(=O)C[C@H](c1ccc(OC)c(OC)c1)C2. The maximum atomic E-state index is 13.9. The number of carbonyl (C=O) groups excluding carboxylic acids is 2. The molecule has 7 nitrogen and oxygen atoms in total. The fourth-order valence-electron chi connectivity index (χ4n) is 5.29. The van der Waals surface area contributed by atoms with Crippen molar-refractivity contribution in [2.75, 3.05) is 27.4 Å². The van der Waals surface area contributed by atoms with Crippen molar-refractivity contribution in [2.24, 2.45) is 5.92 Å². The summed E-state index contributed by atoms with van der Waals surface area (Å²) in [6, 6.07) is 13.4. The van der Waals surface area contributed by atoms with E-state index in [2.05, 4.69) is 5.32 Å². The van der Waals surface area contributed by atoms with E-state index in [-0.39, 0.29) is 17.6 Å². The molecule has 0 amide bonds. The molecule has 0 aromatic heterocycles. The number of rotatable bonds is 9. The van der Waals surface area contributed by atoms with Crippen LogP contribution in [0.4, 0.5) is 0 Å². The van der Waals surface area contributed by atoms with Crippen LogP contribution in [0, 0.1) is 5.92 Å². The van der Waals surface area contributed by atoms with E-state index in [4.69, 9.17) is 18.9 Å². The molecule has 0 spiro atoms. The Kier molecular flexibility index (Phi) is 8.45. The Morgan fingerprint density at radius 1 is 1.03 bits per heavy atom. The summed E-state index contributed by atoms with van der Waals surface area (Å²) in [6.07, 6.45) is 0.937. The van der Waals surface area contributed by atoms with Gasteiger partial charge in [-0.3, -0.25) is 4.79 Å². The molecule has 38 heavy (non-hydrogen) atoms. The van der Waals surface area contributed by atoms with Gasteiger partial charge in [-0.25, -0.2) is 4.79 Å². The molecule has 0 fully saturated rings. The summed E-state index contributed by atoms with van der Waals surface area (Å²) in [7, 11) is 3.20. The Labute approximate surface area is 224 Å². The number of Topliss-reactive ketones (excluding diaryl/α,β-unsaturated/α-hetero) is 1. The van der Waals surface area contributed by atoms with Gasteiger partial charge in [-0.05, 0) is 55.9 Å². The second-order valence-corrected chi connectivity index (χ2v) is 10.1. The summed E-state index contributed by atoms with van der Waals surface area (Å²) in [5, 5.41) is 3.41. The molecule has 2 aromatic rings. The summed E-state index contributed by atoms with van der Waals surface area (Å²) in [4.78, 5) is 27.4. The van der Waals surface area contributed by atoms with Crippen LogP contribution in [0.2, 0.25) is 0 Å². The van der Waals surface area contributed by atoms with Gasteiger partial charge in [0.05, 0.1) is 38.9 Å². The van der Waals surface area contributed by atoms with Gasteiger partial charge in [-0.1, -0.05) is 38.1 Å². The van der Waals surface area contributed by atoms with Crippen molar-refractivity contribution in [1.82, 2.24) is 5.32 Å². The minimum absolute atomic E-state index is 0.00324. The lowest BCUT2D eigenvalue weighted by atomic mass is 9.71. The Bertz CT molecular complexity index is 1270. The molecule has 7 heteroatoms. The van der Waals surface area contributed by atoms with E-state index >= 15 is 0 Å². The average molecular weight is 520 g/mol. The summed E-state index contributed by atoms with van der Waals surface area (Å²) >= 11 is 0. The van der Waals surface area contributed by atoms with Crippen LogP contribution in [0.5, 0.6) is 17.2 Å². The van der Waals surface area contributed by atoms with Gasteiger partial charge in [-0.2, -0.15) is 0 Å². The molecular formula is C31H37NO6. The molecule has 2 aliphatic rings. The lowest BCUT2D eigenvalue weighted by Gasteiger charge is -2.37. The van der Waals surface area contributed by atoms with E-state index in [0.717, 1.165) is 16.8 Å². The number of hydrogen-bond donors (Lipinski definition) is 1. The number of ketones is 1. The highest BCUT2D eigenvalue weighted by Gasteiger charge is 2.42. The Morgan fingerprint density at radius 2 is 1.76 bits per heavy atom. The van der Waals surface area contributed by atoms with Crippen LogP contribution in [0.25, 0.3) is 0 Å². The first-order chi connectivity index (χ1) is 18.3. The zero-order valence-corrected chi connectivity index (χ0v) is 23.1. The third-order valence-corrected chi connectivity index (χ3v) is 7.00. The Morgan fingerprint density at radius 3 is 2.45 bits per heavy atom. The van der Waals surface area contributed by atoms with Crippen molar-refractivity contribution in [3.8, 4) is 17.2 Å². The number of esters is 1. The number of allylic oxidation sites excluding steroid dienone is 3. The molecule has 202 valence electrons. The van der Waals surface area contributed by atoms with Gasteiger partial charge in [0.1, 0.15) is 5.75 Å². The van der Waals surface area contributed by atoms with Gasteiger partial charge in [-0.15, -0.1) is 0 Å². The first-order valence-corrected chi connectivity index (χ1v) is 13.1. The number of carbonyl (C=O) groups is 2.